The zero-order valence-electron chi connectivity index (χ0n) is 10.8. The molecule has 1 aromatic heterocycles. The summed E-state index contributed by atoms with van der Waals surface area (Å²) in [5.41, 5.74) is 0.293. The van der Waals surface area contributed by atoms with Gasteiger partial charge in [0.1, 0.15) is 12.6 Å². The first-order chi connectivity index (χ1) is 9.94. The van der Waals surface area contributed by atoms with Crippen LogP contribution in [0, 0.1) is 0 Å². The van der Waals surface area contributed by atoms with Crippen molar-refractivity contribution in [2.75, 3.05) is 5.32 Å². The molecule has 1 fully saturated rings. The van der Waals surface area contributed by atoms with Gasteiger partial charge >= 0.3 is 12.0 Å². The van der Waals surface area contributed by atoms with E-state index in [1.54, 1.807) is 0 Å². The van der Waals surface area contributed by atoms with Crippen molar-refractivity contribution in [3.05, 3.63) is 12.4 Å². The molecular formula is C11H13N5O5. The molecule has 4 amide bonds. The minimum absolute atomic E-state index is 0.160. The SMILES string of the molecule is O=C(O)Cn1cc(NC(=O)NC2CCC(=O)NC2=O)cn1. The molecule has 4 N–H and O–H groups in total. The number of carboxylic acid groups (broad SMARTS) is 1. The highest BCUT2D eigenvalue weighted by Crippen LogP contribution is 2.07. The largest absolute Gasteiger partial charge is 0.480 e. The lowest BCUT2D eigenvalue weighted by molar-refractivity contribution is -0.138. The molecule has 1 aliphatic heterocycles. The van der Waals surface area contributed by atoms with Crippen molar-refractivity contribution >= 4 is 29.5 Å². The molecular weight excluding hydrogens is 282 g/mol. The zero-order chi connectivity index (χ0) is 15.4. The number of rotatable bonds is 4. The van der Waals surface area contributed by atoms with E-state index < -0.39 is 23.9 Å². The molecule has 0 spiro atoms. The molecule has 0 radical (unpaired) electrons. The maximum atomic E-state index is 11.7. The monoisotopic (exact) mass is 295 g/mol. The van der Waals surface area contributed by atoms with E-state index >= 15 is 0 Å². The maximum Gasteiger partial charge on any atom is 0.325 e. The second-order valence-corrected chi connectivity index (χ2v) is 4.42. The summed E-state index contributed by atoms with van der Waals surface area (Å²) >= 11 is 0. The van der Waals surface area contributed by atoms with Gasteiger partial charge in [-0.15, -0.1) is 0 Å². The van der Waals surface area contributed by atoms with Crippen molar-refractivity contribution in [2.24, 2.45) is 0 Å². The summed E-state index contributed by atoms with van der Waals surface area (Å²) in [7, 11) is 0. The molecule has 0 aliphatic carbocycles. The summed E-state index contributed by atoms with van der Waals surface area (Å²) in [6.45, 7) is -0.323. The number of imide groups is 1. The molecule has 2 rings (SSSR count). The Kier molecular flexibility index (Phi) is 4.16. The number of aromatic nitrogens is 2. The fraction of sp³-hybridized carbons (Fsp3) is 0.364. The number of anilines is 1. The highest BCUT2D eigenvalue weighted by molar-refractivity contribution is 6.02. The third-order valence-corrected chi connectivity index (χ3v) is 2.73. The number of urea groups is 1. The number of nitrogens with one attached hydrogen (secondary N) is 3. The molecule has 1 saturated heterocycles. The molecule has 21 heavy (non-hydrogen) atoms. The summed E-state index contributed by atoms with van der Waals surface area (Å²) in [5, 5.41) is 19.3. The Hall–Kier alpha value is -2.91. The molecule has 10 nitrogen and oxygen atoms in total. The minimum Gasteiger partial charge on any atom is -0.480 e. The first-order valence-corrected chi connectivity index (χ1v) is 6.09. The highest BCUT2D eigenvalue weighted by Gasteiger charge is 2.27. The molecule has 1 aromatic rings. The van der Waals surface area contributed by atoms with E-state index in [1.807, 2.05) is 0 Å². The third kappa shape index (κ3) is 4.03. The van der Waals surface area contributed by atoms with Crippen LogP contribution in [0.5, 0.6) is 0 Å². The minimum atomic E-state index is -1.06. The fourth-order valence-corrected chi connectivity index (χ4v) is 1.81. The van der Waals surface area contributed by atoms with Gasteiger partial charge in [0, 0.05) is 12.6 Å². The average Bonchev–Trinajstić information content (AvgIpc) is 2.79. The standard InChI is InChI=1S/C11H13N5O5/c17-8-2-1-7(10(20)15-8)14-11(21)13-6-3-12-16(4-6)5-9(18)19/h3-4,7H,1-2,5H2,(H,18,19)(H2,13,14,21)(H,15,17,20). The van der Waals surface area contributed by atoms with Crippen molar-refractivity contribution in [1.82, 2.24) is 20.4 Å². The van der Waals surface area contributed by atoms with Gasteiger partial charge in [-0.25, -0.2) is 4.79 Å². The Balaban J connectivity index is 1.87. The lowest BCUT2D eigenvalue weighted by Crippen LogP contribution is -2.53. The molecule has 1 aliphatic rings. The van der Waals surface area contributed by atoms with Crippen LogP contribution in [0.2, 0.25) is 0 Å². The number of carbonyl (C=O) groups excluding carboxylic acids is 3. The average molecular weight is 295 g/mol. The predicted octanol–water partition coefficient (Wildman–Crippen LogP) is -1.11. The second kappa shape index (κ2) is 6.03. The van der Waals surface area contributed by atoms with E-state index in [0.29, 0.717) is 5.69 Å². The van der Waals surface area contributed by atoms with Gasteiger partial charge in [0.15, 0.2) is 0 Å². The van der Waals surface area contributed by atoms with E-state index in [1.165, 1.54) is 12.4 Å². The topological polar surface area (TPSA) is 142 Å². The number of nitrogens with zero attached hydrogens (tertiary/aromatic N) is 2. The molecule has 112 valence electrons. The van der Waals surface area contributed by atoms with E-state index in [-0.39, 0.29) is 25.3 Å². The van der Waals surface area contributed by atoms with Crippen LogP contribution in [0.1, 0.15) is 12.8 Å². The highest BCUT2D eigenvalue weighted by atomic mass is 16.4. The van der Waals surface area contributed by atoms with E-state index in [4.69, 9.17) is 5.11 Å². The molecule has 2 heterocycles. The van der Waals surface area contributed by atoms with Crippen LogP contribution in [0.4, 0.5) is 10.5 Å². The zero-order valence-corrected chi connectivity index (χ0v) is 10.8. The quantitative estimate of drug-likeness (QED) is 0.519. The normalized spacial score (nSPS) is 18.0. The third-order valence-electron chi connectivity index (χ3n) is 2.73. The van der Waals surface area contributed by atoms with Crippen LogP contribution < -0.4 is 16.0 Å². The number of carboxylic acids is 1. The van der Waals surface area contributed by atoms with Crippen LogP contribution in [-0.2, 0) is 20.9 Å². The number of aliphatic carboxylic acids is 1. The Labute approximate surface area is 118 Å². The number of hydrogen-bond donors (Lipinski definition) is 4. The molecule has 1 unspecified atom stereocenters. The van der Waals surface area contributed by atoms with Crippen LogP contribution in [0.25, 0.3) is 0 Å². The van der Waals surface area contributed by atoms with Gasteiger partial charge < -0.3 is 15.7 Å². The van der Waals surface area contributed by atoms with Gasteiger partial charge in [-0.3, -0.25) is 24.4 Å². The van der Waals surface area contributed by atoms with Gasteiger partial charge in [-0.05, 0) is 6.42 Å². The second-order valence-electron chi connectivity index (χ2n) is 4.42. The van der Waals surface area contributed by atoms with Crippen molar-refractivity contribution in [1.29, 1.82) is 0 Å². The van der Waals surface area contributed by atoms with Crippen molar-refractivity contribution < 1.29 is 24.3 Å². The Morgan fingerprint density at radius 2 is 2.24 bits per heavy atom. The maximum absolute atomic E-state index is 11.7. The number of piperidine rings is 1. The van der Waals surface area contributed by atoms with Gasteiger partial charge in [-0.2, -0.15) is 5.10 Å². The Bertz CT molecular complexity index is 596. The molecule has 10 heteroatoms. The van der Waals surface area contributed by atoms with Crippen LogP contribution >= 0.6 is 0 Å². The summed E-state index contributed by atoms with van der Waals surface area (Å²) in [5.74, 6) is -1.98. The summed E-state index contributed by atoms with van der Waals surface area (Å²) in [6, 6.07) is -1.42. The first kappa shape index (κ1) is 14.5. The van der Waals surface area contributed by atoms with Crippen molar-refractivity contribution in [2.45, 2.75) is 25.4 Å². The van der Waals surface area contributed by atoms with Crippen molar-refractivity contribution in [3.8, 4) is 0 Å². The number of hydrogen-bond acceptors (Lipinski definition) is 5. The van der Waals surface area contributed by atoms with Gasteiger partial charge in [0.2, 0.25) is 11.8 Å². The van der Waals surface area contributed by atoms with E-state index in [2.05, 4.69) is 21.0 Å². The fourth-order valence-electron chi connectivity index (χ4n) is 1.81. The smallest absolute Gasteiger partial charge is 0.325 e. The van der Waals surface area contributed by atoms with E-state index in [0.717, 1.165) is 4.68 Å². The summed E-state index contributed by atoms with van der Waals surface area (Å²) in [4.78, 5) is 44.6. The number of amides is 4. The van der Waals surface area contributed by atoms with Crippen LogP contribution in [0.15, 0.2) is 12.4 Å². The van der Waals surface area contributed by atoms with Gasteiger partial charge in [0.25, 0.3) is 0 Å². The van der Waals surface area contributed by atoms with Crippen LogP contribution in [0.3, 0.4) is 0 Å². The molecule has 0 saturated carbocycles. The summed E-state index contributed by atoms with van der Waals surface area (Å²) < 4.78 is 1.14. The van der Waals surface area contributed by atoms with Crippen molar-refractivity contribution in [3.63, 3.8) is 0 Å². The van der Waals surface area contributed by atoms with Gasteiger partial charge in [-0.1, -0.05) is 0 Å². The Morgan fingerprint density at radius 1 is 1.48 bits per heavy atom. The first-order valence-electron chi connectivity index (χ1n) is 6.09. The lowest BCUT2D eigenvalue weighted by Gasteiger charge is -2.21. The lowest BCUT2D eigenvalue weighted by atomic mass is 10.1. The molecule has 0 aromatic carbocycles. The summed E-state index contributed by atoms with van der Waals surface area (Å²) in [6.07, 6.45) is 3.02. The molecule has 0 bridgehead atoms. The van der Waals surface area contributed by atoms with Gasteiger partial charge in [0.05, 0.1) is 11.9 Å². The van der Waals surface area contributed by atoms with E-state index in [9.17, 15) is 19.2 Å². The van der Waals surface area contributed by atoms with Crippen LogP contribution in [-0.4, -0.2) is 44.7 Å². The molecule has 1 atom stereocenters. The Morgan fingerprint density at radius 3 is 2.90 bits per heavy atom. The number of carbonyl (C=O) groups is 4. The predicted molar refractivity (Wildman–Crippen MR) is 68.2 cm³/mol.